The second-order valence-electron chi connectivity index (χ2n) is 6.56. The van der Waals surface area contributed by atoms with E-state index in [0.717, 1.165) is 0 Å². The standard InChI is InChI=1S/C22H21N5O5/c1-29-16-10-14(11-17(30-2)19(16)31-3)25-22-24-12-13-9-15(21(28)32-4)27(20(13)26-22)18-7-5-6-8-23-18/h5-12H,1-4H3,(H,24,25,26). The first-order valence-corrected chi connectivity index (χ1v) is 9.54. The number of carbonyl (C=O) groups is 1. The van der Waals surface area contributed by atoms with Gasteiger partial charge in [-0.3, -0.25) is 4.57 Å². The Balaban J connectivity index is 1.81. The van der Waals surface area contributed by atoms with Gasteiger partial charge in [0.15, 0.2) is 17.1 Å². The Morgan fingerprint density at radius 2 is 1.72 bits per heavy atom. The molecule has 0 aliphatic heterocycles. The maximum absolute atomic E-state index is 12.4. The normalized spacial score (nSPS) is 10.6. The highest BCUT2D eigenvalue weighted by Gasteiger charge is 2.20. The number of pyridine rings is 1. The van der Waals surface area contributed by atoms with Crippen molar-refractivity contribution in [1.29, 1.82) is 0 Å². The summed E-state index contributed by atoms with van der Waals surface area (Å²) in [6.07, 6.45) is 3.26. The number of nitrogens with one attached hydrogen (secondary N) is 1. The molecule has 164 valence electrons. The Labute approximate surface area is 183 Å². The molecule has 3 heterocycles. The number of carbonyl (C=O) groups excluding carboxylic acids is 1. The molecular weight excluding hydrogens is 414 g/mol. The van der Waals surface area contributed by atoms with E-state index in [2.05, 4.69) is 20.3 Å². The van der Waals surface area contributed by atoms with Crippen LogP contribution in [0.15, 0.2) is 48.8 Å². The number of benzene rings is 1. The lowest BCUT2D eigenvalue weighted by atomic mass is 10.2. The number of rotatable bonds is 7. The molecule has 0 spiro atoms. The van der Waals surface area contributed by atoms with E-state index < -0.39 is 5.97 Å². The monoisotopic (exact) mass is 435 g/mol. The summed E-state index contributed by atoms with van der Waals surface area (Å²) >= 11 is 0. The number of anilines is 2. The van der Waals surface area contributed by atoms with Crippen molar-refractivity contribution in [3.05, 3.63) is 54.5 Å². The summed E-state index contributed by atoms with van der Waals surface area (Å²) < 4.78 is 22.7. The van der Waals surface area contributed by atoms with Gasteiger partial charge in [-0.05, 0) is 18.2 Å². The molecule has 0 radical (unpaired) electrons. The van der Waals surface area contributed by atoms with Gasteiger partial charge in [-0.1, -0.05) is 6.07 Å². The Bertz CT molecular complexity index is 1250. The minimum Gasteiger partial charge on any atom is -0.493 e. The molecule has 0 saturated carbocycles. The van der Waals surface area contributed by atoms with Gasteiger partial charge in [0.1, 0.15) is 11.5 Å². The maximum Gasteiger partial charge on any atom is 0.355 e. The van der Waals surface area contributed by atoms with Crippen LogP contribution in [0.25, 0.3) is 16.9 Å². The molecule has 4 rings (SSSR count). The third-order valence-corrected chi connectivity index (χ3v) is 4.73. The lowest BCUT2D eigenvalue weighted by molar-refractivity contribution is 0.0592. The van der Waals surface area contributed by atoms with Crippen LogP contribution < -0.4 is 19.5 Å². The molecule has 1 aromatic carbocycles. The zero-order valence-electron chi connectivity index (χ0n) is 17.9. The molecule has 10 nitrogen and oxygen atoms in total. The van der Waals surface area contributed by atoms with Gasteiger partial charge < -0.3 is 24.3 Å². The Morgan fingerprint density at radius 1 is 0.969 bits per heavy atom. The van der Waals surface area contributed by atoms with Gasteiger partial charge in [-0.2, -0.15) is 4.98 Å². The van der Waals surface area contributed by atoms with E-state index in [9.17, 15) is 4.79 Å². The van der Waals surface area contributed by atoms with Crippen molar-refractivity contribution in [2.24, 2.45) is 0 Å². The molecule has 0 fully saturated rings. The lowest BCUT2D eigenvalue weighted by Crippen LogP contribution is -2.10. The van der Waals surface area contributed by atoms with Crippen LogP contribution in [0.1, 0.15) is 10.5 Å². The van der Waals surface area contributed by atoms with E-state index >= 15 is 0 Å². The molecule has 0 bridgehead atoms. The smallest absolute Gasteiger partial charge is 0.355 e. The van der Waals surface area contributed by atoms with Crippen molar-refractivity contribution < 1.29 is 23.7 Å². The quantitative estimate of drug-likeness (QED) is 0.437. The van der Waals surface area contributed by atoms with E-state index in [1.807, 2.05) is 6.07 Å². The fourth-order valence-electron chi connectivity index (χ4n) is 3.30. The number of esters is 1. The Morgan fingerprint density at radius 3 is 2.31 bits per heavy atom. The Kier molecular flexibility index (Phi) is 5.75. The summed E-state index contributed by atoms with van der Waals surface area (Å²) in [5.41, 5.74) is 1.41. The van der Waals surface area contributed by atoms with Crippen molar-refractivity contribution in [3.8, 4) is 23.1 Å². The summed E-state index contributed by atoms with van der Waals surface area (Å²) in [5.74, 6) is 1.77. The van der Waals surface area contributed by atoms with Gasteiger partial charge in [-0.25, -0.2) is 14.8 Å². The van der Waals surface area contributed by atoms with Crippen molar-refractivity contribution in [2.45, 2.75) is 0 Å². The van der Waals surface area contributed by atoms with E-state index in [1.54, 1.807) is 47.3 Å². The molecule has 4 aromatic rings. The minimum absolute atomic E-state index is 0.292. The van der Waals surface area contributed by atoms with Crippen LogP contribution in [0.4, 0.5) is 11.6 Å². The van der Waals surface area contributed by atoms with Gasteiger partial charge in [0.25, 0.3) is 0 Å². The van der Waals surface area contributed by atoms with Crippen LogP contribution in [0.3, 0.4) is 0 Å². The summed E-state index contributed by atoms with van der Waals surface area (Å²) in [5, 5.41) is 3.80. The van der Waals surface area contributed by atoms with Crippen molar-refractivity contribution in [3.63, 3.8) is 0 Å². The first kappa shape index (κ1) is 20.9. The second kappa shape index (κ2) is 8.80. The topological polar surface area (TPSA) is 110 Å². The van der Waals surface area contributed by atoms with Crippen LogP contribution in [0.2, 0.25) is 0 Å². The first-order chi connectivity index (χ1) is 15.6. The highest BCUT2D eigenvalue weighted by atomic mass is 16.5. The molecular formula is C22H21N5O5. The predicted octanol–water partition coefficient (Wildman–Crippen LogP) is 3.37. The fraction of sp³-hybridized carbons (Fsp3) is 0.182. The molecule has 0 aliphatic carbocycles. The molecule has 0 saturated heterocycles. The average Bonchev–Trinajstić information content (AvgIpc) is 3.22. The molecule has 0 amide bonds. The van der Waals surface area contributed by atoms with Gasteiger partial charge in [-0.15, -0.1) is 0 Å². The number of ether oxygens (including phenoxy) is 4. The zero-order chi connectivity index (χ0) is 22.7. The summed E-state index contributed by atoms with van der Waals surface area (Å²) in [7, 11) is 5.94. The molecule has 10 heteroatoms. The largest absolute Gasteiger partial charge is 0.493 e. The van der Waals surface area contributed by atoms with E-state index in [0.29, 0.717) is 51.4 Å². The highest BCUT2D eigenvalue weighted by Crippen LogP contribution is 2.40. The fourth-order valence-corrected chi connectivity index (χ4v) is 3.30. The SMILES string of the molecule is COC(=O)c1cc2cnc(Nc3cc(OC)c(OC)c(OC)c3)nc2n1-c1ccccn1. The number of hydrogen-bond acceptors (Lipinski definition) is 9. The number of aromatic nitrogens is 4. The molecule has 0 aliphatic rings. The predicted molar refractivity (Wildman–Crippen MR) is 117 cm³/mol. The number of hydrogen-bond donors (Lipinski definition) is 1. The van der Waals surface area contributed by atoms with Gasteiger partial charge >= 0.3 is 5.97 Å². The molecule has 0 atom stereocenters. The van der Waals surface area contributed by atoms with Crippen LogP contribution >= 0.6 is 0 Å². The maximum atomic E-state index is 12.4. The zero-order valence-corrected chi connectivity index (χ0v) is 17.9. The van der Waals surface area contributed by atoms with Crippen LogP contribution in [0.5, 0.6) is 17.2 Å². The lowest BCUT2D eigenvalue weighted by Gasteiger charge is -2.14. The van der Waals surface area contributed by atoms with E-state index in [-0.39, 0.29) is 0 Å². The first-order valence-electron chi connectivity index (χ1n) is 9.54. The molecule has 0 unspecified atom stereocenters. The van der Waals surface area contributed by atoms with Crippen molar-refractivity contribution in [2.75, 3.05) is 33.8 Å². The minimum atomic E-state index is -0.507. The van der Waals surface area contributed by atoms with Crippen LogP contribution in [-0.4, -0.2) is 53.9 Å². The van der Waals surface area contributed by atoms with Crippen molar-refractivity contribution in [1.82, 2.24) is 19.5 Å². The Hall–Kier alpha value is -4.34. The highest BCUT2D eigenvalue weighted by molar-refractivity contribution is 5.95. The summed E-state index contributed by atoms with van der Waals surface area (Å²) in [6.45, 7) is 0. The van der Waals surface area contributed by atoms with Crippen LogP contribution in [0, 0.1) is 0 Å². The summed E-state index contributed by atoms with van der Waals surface area (Å²) in [4.78, 5) is 25.7. The summed E-state index contributed by atoms with van der Waals surface area (Å²) in [6, 6.07) is 10.5. The van der Waals surface area contributed by atoms with Gasteiger partial charge in [0, 0.05) is 35.6 Å². The average molecular weight is 435 g/mol. The molecule has 32 heavy (non-hydrogen) atoms. The van der Waals surface area contributed by atoms with Crippen LogP contribution in [-0.2, 0) is 4.74 Å². The third kappa shape index (κ3) is 3.73. The molecule has 3 aromatic heterocycles. The second-order valence-corrected chi connectivity index (χ2v) is 6.56. The van der Waals surface area contributed by atoms with E-state index in [4.69, 9.17) is 18.9 Å². The number of nitrogens with zero attached hydrogens (tertiary/aromatic N) is 4. The number of fused-ring (bicyclic) bond motifs is 1. The molecule has 1 N–H and O–H groups in total. The van der Waals surface area contributed by atoms with Gasteiger partial charge in [0.2, 0.25) is 11.7 Å². The van der Waals surface area contributed by atoms with Crippen molar-refractivity contribution >= 4 is 28.6 Å². The number of methoxy groups -OCH3 is 4. The van der Waals surface area contributed by atoms with Gasteiger partial charge in [0.05, 0.1) is 28.4 Å². The third-order valence-electron chi connectivity index (χ3n) is 4.73. The van der Waals surface area contributed by atoms with E-state index in [1.165, 1.54) is 28.4 Å².